The number of hydrogen-bond donors (Lipinski definition) is 0. The maximum absolute atomic E-state index is 13.1. The number of nitrogens with zero attached hydrogens (tertiary/aromatic N) is 2. The molecule has 1 aliphatic carbocycles. The molecule has 0 N–H and O–H groups in total. The van der Waals surface area contributed by atoms with Gasteiger partial charge in [-0.25, -0.2) is 17.4 Å². The van der Waals surface area contributed by atoms with E-state index in [9.17, 15) is 8.42 Å². The van der Waals surface area contributed by atoms with Crippen LogP contribution in [0.25, 0.3) is 11.0 Å². The van der Waals surface area contributed by atoms with Gasteiger partial charge in [0, 0.05) is 24.2 Å². The number of hydrogen-bond acceptors (Lipinski definition) is 4. The zero-order chi connectivity index (χ0) is 15.8. The molecule has 0 amide bonds. The summed E-state index contributed by atoms with van der Waals surface area (Å²) in [6.07, 6.45) is 8.73. The molecule has 5 nitrogen and oxygen atoms in total. The summed E-state index contributed by atoms with van der Waals surface area (Å²) in [7, 11) is -3.65. The lowest BCUT2D eigenvalue weighted by atomic mass is 10.0. The standard InChI is InChI=1S/C16H18N2O3S/c1-3-21-14-7-4-9-16(2,12-14)22(19,20)18-11-8-13-6-5-10-17-15(13)18/h4-11H,3,12H2,1-2H3. The Morgan fingerprint density at radius 3 is 3.00 bits per heavy atom. The molecule has 22 heavy (non-hydrogen) atoms. The van der Waals surface area contributed by atoms with Gasteiger partial charge in [-0.2, -0.15) is 0 Å². The SMILES string of the molecule is CCOC1=CC=CC(C)(S(=O)(=O)n2ccc3cccnc32)C1. The molecule has 0 saturated heterocycles. The molecule has 6 heteroatoms. The lowest BCUT2D eigenvalue weighted by molar-refractivity contribution is 0.213. The van der Waals surface area contributed by atoms with Crippen molar-refractivity contribution in [2.45, 2.75) is 25.0 Å². The van der Waals surface area contributed by atoms with Crippen molar-refractivity contribution in [3.8, 4) is 0 Å². The summed E-state index contributed by atoms with van der Waals surface area (Å²) in [5.74, 6) is 0.681. The third-order valence-corrected chi connectivity index (χ3v) is 6.12. The van der Waals surface area contributed by atoms with Gasteiger partial charge in [-0.3, -0.25) is 0 Å². The lowest BCUT2D eigenvalue weighted by Gasteiger charge is -2.29. The Morgan fingerprint density at radius 1 is 1.41 bits per heavy atom. The molecule has 0 spiro atoms. The highest BCUT2D eigenvalue weighted by molar-refractivity contribution is 7.91. The van der Waals surface area contributed by atoms with E-state index in [1.807, 2.05) is 19.1 Å². The topological polar surface area (TPSA) is 61.2 Å². The average Bonchev–Trinajstić information content (AvgIpc) is 2.92. The van der Waals surface area contributed by atoms with Gasteiger partial charge in [0.15, 0.2) is 5.65 Å². The zero-order valence-electron chi connectivity index (χ0n) is 12.6. The molecular weight excluding hydrogens is 300 g/mol. The van der Waals surface area contributed by atoms with Crippen molar-refractivity contribution in [1.82, 2.24) is 8.96 Å². The van der Waals surface area contributed by atoms with Crippen molar-refractivity contribution < 1.29 is 13.2 Å². The van der Waals surface area contributed by atoms with Crippen molar-refractivity contribution in [2.75, 3.05) is 6.61 Å². The normalized spacial score (nSPS) is 21.8. The zero-order valence-corrected chi connectivity index (χ0v) is 13.4. The minimum Gasteiger partial charge on any atom is -0.498 e. The highest BCUT2D eigenvalue weighted by Crippen LogP contribution is 2.33. The van der Waals surface area contributed by atoms with E-state index in [0.717, 1.165) is 5.39 Å². The third kappa shape index (κ3) is 2.23. The van der Waals surface area contributed by atoms with Crippen LogP contribution in [0.1, 0.15) is 20.3 Å². The average molecular weight is 318 g/mol. The summed E-state index contributed by atoms with van der Waals surface area (Å²) in [5.41, 5.74) is 0.449. The van der Waals surface area contributed by atoms with E-state index in [2.05, 4.69) is 4.98 Å². The number of ether oxygens (including phenoxy) is 1. The fourth-order valence-electron chi connectivity index (χ4n) is 2.65. The van der Waals surface area contributed by atoms with Crippen LogP contribution in [0.2, 0.25) is 0 Å². The Balaban J connectivity index is 2.07. The van der Waals surface area contributed by atoms with Gasteiger partial charge >= 0.3 is 0 Å². The molecule has 116 valence electrons. The van der Waals surface area contributed by atoms with Crippen molar-refractivity contribution >= 4 is 21.1 Å². The van der Waals surface area contributed by atoms with Crippen LogP contribution >= 0.6 is 0 Å². The van der Waals surface area contributed by atoms with Gasteiger partial charge in [-0.1, -0.05) is 12.2 Å². The van der Waals surface area contributed by atoms with Gasteiger partial charge in [0.2, 0.25) is 10.0 Å². The first-order valence-electron chi connectivity index (χ1n) is 7.16. The number of pyridine rings is 1. The van der Waals surface area contributed by atoms with Crippen LogP contribution in [0.3, 0.4) is 0 Å². The lowest BCUT2D eigenvalue weighted by Crippen LogP contribution is -2.39. The summed E-state index contributed by atoms with van der Waals surface area (Å²) in [6.45, 7) is 4.11. The van der Waals surface area contributed by atoms with Crippen LogP contribution in [0.4, 0.5) is 0 Å². The van der Waals surface area contributed by atoms with Crippen LogP contribution in [-0.4, -0.2) is 28.7 Å². The molecule has 0 radical (unpaired) electrons. The molecule has 3 rings (SSSR count). The first-order chi connectivity index (χ1) is 10.5. The van der Waals surface area contributed by atoms with Gasteiger partial charge in [-0.15, -0.1) is 0 Å². The van der Waals surface area contributed by atoms with Gasteiger partial charge in [0.25, 0.3) is 0 Å². The summed E-state index contributed by atoms with van der Waals surface area (Å²) in [5, 5.41) is 0.801. The Kier molecular flexibility index (Phi) is 3.56. The number of rotatable bonds is 4. The van der Waals surface area contributed by atoms with E-state index >= 15 is 0 Å². The van der Waals surface area contributed by atoms with E-state index < -0.39 is 14.8 Å². The molecule has 1 aliphatic rings. The van der Waals surface area contributed by atoms with Crippen molar-refractivity contribution in [2.24, 2.45) is 0 Å². The van der Waals surface area contributed by atoms with E-state index in [4.69, 9.17) is 4.74 Å². The van der Waals surface area contributed by atoms with E-state index in [-0.39, 0.29) is 0 Å². The van der Waals surface area contributed by atoms with Crippen LogP contribution in [0.5, 0.6) is 0 Å². The fourth-order valence-corrected chi connectivity index (χ4v) is 4.27. The Hall–Kier alpha value is -2.08. The second kappa shape index (κ2) is 5.28. The van der Waals surface area contributed by atoms with Crippen molar-refractivity contribution in [1.29, 1.82) is 0 Å². The van der Waals surface area contributed by atoms with Crippen LogP contribution in [0, 0.1) is 0 Å². The van der Waals surface area contributed by atoms with Crippen molar-refractivity contribution in [3.63, 3.8) is 0 Å². The van der Waals surface area contributed by atoms with E-state index in [1.165, 1.54) is 3.97 Å². The molecular formula is C16H18N2O3S. The van der Waals surface area contributed by atoms with Crippen LogP contribution in [0.15, 0.2) is 54.6 Å². The maximum Gasteiger partial charge on any atom is 0.249 e. The molecule has 0 fully saturated rings. The monoisotopic (exact) mass is 318 g/mol. The van der Waals surface area contributed by atoms with Crippen molar-refractivity contribution in [3.05, 3.63) is 54.6 Å². The minimum absolute atomic E-state index is 0.312. The first-order valence-corrected chi connectivity index (χ1v) is 8.60. The Labute approximate surface area is 130 Å². The molecule has 2 heterocycles. The summed E-state index contributed by atoms with van der Waals surface area (Å²) < 4.78 is 32.0. The fraction of sp³-hybridized carbons (Fsp3) is 0.312. The summed E-state index contributed by atoms with van der Waals surface area (Å²) >= 11 is 0. The van der Waals surface area contributed by atoms with Gasteiger partial charge in [-0.05, 0) is 38.1 Å². The quantitative estimate of drug-likeness (QED) is 0.869. The number of allylic oxidation sites excluding steroid dienone is 3. The predicted molar refractivity (Wildman–Crippen MR) is 85.9 cm³/mol. The Morgan fingerprint density at radius 2 is 2.23 bits per heavy atom. The molecule has 1 unspecified atom stereocenters. The Bertz CT molecular complexity index is 864. The minimum atomic E-state index is -3.65. The second-order valence-electron chi connectivity index (χ2n) is 5.45. The molecule has 0 aliphatic heterocycles. The first kappa shape index (κ1) is 14.8. The van der Waals surface area contributed by atoms with Gasteiger partial charge in [0.1, 0.15) is 4.75 Å². The molecule has 1 atom stereocenters. The van der Waals surface area contributed by atoms with Gasteiger partial charge < -0.3 is 4.74 Å². The molecule has 2 aromatic heterocycles. The molecule has 0 bridgehead atoms. The largest absolute Gasteiger partial charge is 0.498 e. The molecule has 0 saturated carbocycles. The smallest absolute Gasteiger partial charge is 0.249 e. The highest BCUT2D eigenvalue weighted by Gasteiger charge is 2.41. The van der Waals surface area contributed by atoms with Crippen LogP contribution in [-0.2, 0) is 14.8 Å². The molecule has 0 aromatic carbocycles. The summed E-state index contributed by atoms with van der Waals surface area (Å²) in [6, 6.07) is 5.39. The highest BCUT2D eigenvalue weighted by atomic mass is 32.2. The number of aromatic nitrogens is 2. The summed E-state index contributed by atoms with van der Waals surface area (Å²) in [4.78, 5) is 4.20. The van der Waals surface area contributed by atoms with E-state index in [0.29, 0.717) is 24.4 Å². The van der Waals surface area contributed by atoms with E-state index in [1.54, 1.807) is 43.6 Å². The number of fused-ring (bicyclic) bond motifs is 1. The second-order valence-corrected chi connectivity index (χ2v) is 7.72. The maximum atomic E-state index is 13.1. The predicted octanol–water partition coefficient (Wildman–Crippen LogP) is 2.85. The van der Waals surface area contributed by atoms with Gasteiger partial charge in [0.05, 0.1) is 12.4 Å². The third-order valence-electron chi connectivity index (χ3n) is 3.85. The molecule has 2 aromatic rings. The van der Waals surface area contributed by atoms with Crippen LogP contribution < -0.4 is 0 Å².